The first-order chi connectivity index (χ1) is 13.8. The number of rotatable bonds is 3. The summed E-state index contributed by atoms with van der Waals surface area (Å²) in [6.07, 6.45) is 11.2. The van der Waals surface area contributed by atoms with Gasteiger partial charge in [-0.05, 0) is 68.6 Å². The minimum absolute atomic E-state index is 0.315. The molecule has 29 heavy (non-hydrogen) atoms. The highest BCUT2D eigenvalue weighted by molar-refractivity contribution is 6.31. The van der Waals surface area contributed by atoms with Crippen LogP contribution < -0.4 is 0 Å². The van der Waals surface area contributed by atoms with Gasteiger partial charge in [0.15, 0.2) is 0 Å². The summed E-state index contributed by atoms with van der Waals surface area (Å²) >= 11 is 5.71. The van der Waals surface area contributed by atoms with Crippen LogP contribution in [0.2, 0.25) is 5.02 Å². The largest absolute Gasteiger partial charge is 0.345 e. The molecular formula is C25H37ClN2O. The maximum atomic E-state index is 11.1. The van der Waals surface area contributed by atoms with Crippen LogP contribution in [0.5, 0.6) is 0 Å². The summed E-state index contributed by atoms with van der Waals surface area (Å²) in [5.74, 6) is 1.62. The van der Waals surface area contributed by atoms with Crippen LogP contribution in [0.15, 0.2) is 29.8 Å². The molecule has 1 aromatic rings. The van der Waals surface area contributed by atoms with E-state index in [2.05, 4.69) is 26.8 Å². The fourth-order valence-corrected chi connectivity index (χ4v) is 3.83. The van der Waals surface area contributed by atoms with Gasteiger partial charge in [0.1, 0.15) is 6.07 Å². The molecule has 4 heteroatoms. The van der Waals surface area contributed by atoms with Crippen LogP contribution in [-0.2, 0) is 4.79 Å². The molecule has 0 spiro atoms. The molecule has 1 aliphatic heterocycles. The number of carbonyl (C=O) groups is 1. The molecule has 0 saturated carbocycles. The van der Waals surface area contributed by atoms with E-state index >= 15 is 0 Å². The number of amides is 1. The van der Waals surface area contributed by atoms with Gasteiger partial charge in [-0.1, -0.05) is 56.5 Å². The van der Waals surface area contributed by atoms with Gasteiger partial charge in [-0.25, -0.2) is 0 Å². The molecule has 0 N–H and O–H groups in total. The molecule has 0 bridgehead atoms. The number of likely N-dealkylation sites (tertiary alicyclic amines) is 1. The monoisotopic (exact) mass is 416 g/mol. The number of hydrogen-bond donors (Lipinski definition) is 0. The Kier molecular flexibility index (Phi) is 11.7. The summed E-state index contributed by atoms with van der Waals surface area (Å²) in [6.45, 7) is 9.57. The average Bonchev–Trinajstić information content (AvgIpc) is 3.07. The van der Waals surface area contributed by atoms with E-state index in [9.17, 15) is 4.79 Å². The molecule has 2 atom stereocenters. The van der Waals surface area contributed by atoms with Crippen molar-refractivity contribution in [2.45, 2.75) is 72.6 Å². The zero-order valence-electron chi connectivity index (χ0n) is 18.8. The number of nitriles is 1. The highest BCUT2D eigenvalue weighted by atomic mass is 35.5. The molecule has 1 aromatic carbocycles. The van der Waals surface area contributed by atoms with Crippen LogP contribution >= 0.6 is 11.6 Å². The lowest BCUT2D eigenvalue weighted by Gasteiger charge is -2.15. The lowest BCUT2D eigenvalue weighted by atomic mass is 9.91. The Labute approximate surface area is 182 Å². The molecule has 3 rings (SSSR count). The summed E-state index contributed by atoms with van der Waals surface area (Å²) < 4.78 is 0. The first-order valence-corrected chi connectivity index (χ1v) is 11.3. The summed E-state index contributed by atoms with van der Waals surface area (Å²) in [5, 5.41) is 9.00. The van der Waals surface area contributed by atoms with Crippen LogP contribution in [0, 0.1) is 30.1 Å². The molecule has 0 radical (unpaired) electrons. The Morgan fingerprint density at radius 3 is 2.45 bits per heavy atom. The van der Waals surface area contributed by atoms with E-state index in [1.54, 1.807) is 17.7 Å². The maximum Gasteiger partial charge on any atom is 0.222 e. The van der Waals surface area contributed by atoms with Crippen molar-refractivity contribution in [2.24, 2.45) is 11.8 Å². The van der Waals surface area contributed by atoms with Crippen LogP contribution in [0.25, 0.3) is 0 Å². The number of benzene rings is 1. The zero-order chi connectivity index (χ0) is 21.8. The molecular weight excluding hydrogens is 380 g/mol. The second-order valence-corrected chi connectivity index (χ2v) is 8.59. The summed E-state index contributed by atoms with van der Waals surface area (Å²) in [7, 11) is 1.89. The third kappa shape index (κ3) is 9.05. The zero-order valence-corrected chi connectivity index (χ0v) is 19.6. The average molecular weight is 417 g/mol. The Morgan fingerprint density at radius 1 is 1.31 bits per heavy atom. The van der Waals surface area contributed by atoms with Crippen molar-refractivity contribution in [3.05, 3.63) is 46.0 Å². The van der Waals surface area contributed by atoms with Gasteiger partial charge in [-0.15, -0.1) is 0 Å². The quantitative estimate of drug-likeness (QED) is 0.501. The minimum Gasteiger partial charge on any atom is -0.345 e. The van der Waals surface area contributed by atoms with Gasteiger partial charge in [-0.2, -0.15) is 5.26 Å². The first kappa shape index (κ1) is 25.2. The van der Waals surface area contributed by atoms with Crippen molar-refractivity contribution < 1.29 is 4.79 Å². The van der Waals surface area contributed by atoms with Crippen LogP contribution in [-0.4, -0.2) is 24.4 Å². The molecule has 2 unspecified atom stereocenters. The van der Waals surface area contributed by atoms with Gasteiger partial charge in [-0.3, -0.25) is 4.79 Å². The third-order valence-corrected chi connectivity index (χ3v) is 6.22. The van der Waals surface area contributed by atoms with Crippen molar-refractivity contribution in [1.29, 1.82) is 5.26 Å². The summed E-state index contributed by atoms with van der Waals surface area (Å²) in [4.78, 5) is 13.0. The molecule has 1 amide bonds. The van der Waals surface area contributed by atoms with Gasteiger partial charge in [0.05, 0.1) is 10.6 Å². The number of allylic oxidation sites excluding steroid dienone is 2. The molecule has 2 aliphatic rings. The lowest BCUT2D eigenvalue weighted by molar-refractivity contribution is -0.126. The third-order valence-electron chi connectivity index (χ3n) is 5.90. The first-order valence-electron chi connectivity index (χ1n) is 10.9. The molecule has 1 fully saturated rings. The van der Waals surface area contributed by atoms with Crippen molar-refractivity contribution in [3.63, 3.8) is 0 Å². The van der Waals surface area contributed by atoms with Crippen molar-refractivity contribution in [3.8, 4) is 6.07 Å². The molecule has 1 aliphatic carbocycles. The SMILES string of the molecule is CCC(C)C1CC(=O)N(C)C1.CCC1=CCCCC1.Cc1ccc(C#N)c(Cl)c1. The lowest BCUT2D eigenvalue weighted by Crippen LogP contribution is -2.20. The Hall–Kier alpha value is -1.79. The molecule has 160 valence electrons. The van der Waals surface area contributed by atoms with Gasteiger partial charge in [0.25, 0.3) is 0 Å². The van der Waals surface area contributed by atoms with Gasteiger partial charge >= 0.3 is 0 Å². The number of nitrogens with zero attached hydrogens (tertiary/aromatic N) is 2. The highest BCUT2D eigenvalue weighted by Crippen LogP contribution is 2.25. The fraction of sp³-hybridized carbons (Fsp3) is 0.600. The molecule has 1 saturated heterocycles. The van der Waals surface area contributed by atoms with Crippen molar-refractivity contribution in [1.82, 2.24) is 4.90 Å². The predicted molar refractivity (Wildman–Crippen MR) is 123 cm³/mol. The maximum absolute atomic E-state index is 11.1. The standard InChI is InChI=1S/C9H17NO.C8H6ClN.C8H14/c1-4-7(2)8-5-9(11)10(3)6-8;1-6-2-3-7(5-10)8(9)4-6;1-2-8-6-4-3-5-7-8/h7-8H,4-6H2,1-3H3;2-4H,1H3;6H,2-5,7H2,1H3. The van der Waals surface area contributed by atoms with Crippen LogP contribution in [0.1, 0.15) is 76.8 Å². The highest BCUT2D eigenvalue weighted by Gasteiger charge is 2.29. The Bertz CT molecular complexity index is 720. The van der Waals surface area contributed by atoms with E-state index in [-0.39, 0.29) is 0 Å². The second-order valence-electron chi connectivity index (χ2n) is 8.18. The molecule has 3 nitrogen and oxygen atoms in total. The van der Waals surface area contributed by atoms with E-state index < -0.39 is 0 Å². The normalized spacial score (nSPS) is 19.2. The second kappa shape index (κ2) is 13.4. The summed E-state index contributed by atoms with van der Waals surface area (Å²) in [6, 6.07) is 7.35. The van der Waals surface area contributed by atoms with Crippen LogP contribution in [0.3, 0.4) is 0 Å². The predicted octanol–water partition coefficient (Wildman–Crippen LogP) is 6.93. The van der Waals surface area contributed by atoms with Crippen LogP contribution in [0.4, 0.5) is 0 Å². The number of carbonyl (C=O) groups excluding carboxylic acids is 1. The smallest absolute Gasteiger partial charge is 0.222 e. The number of hydrogen-bond acceptors (Lipinski definition) is 2. The Balaban J connectivity index is 0.000000220. The Morgan fingerprint density at radius 2 is 2.03 bits per heavy atom. The summed E-state index contributed by atoms with van der Waals surface area (Å²) in [5.41, 5.74) is 3.28. The van der Waals surface area contributed by atoms with Gasteiger partial charge in [0, 0.05) is 20.0 Å². The van der Waals surface area contributed by atoms with E-state index in [0.29, 0.717) is 28.3 Å². The van der Waals surface area contributed by atoms with Gasteiger partial charge < -0.3 is 4.90 Å². The molecule has 1 heterocycles. The topological polar surface area (TPSA) is 44.1 Å². The fourth-order valence-electron chi connectivity index (χ4n) is 3.55. The number of halogens is 1. The van der Waals surface area contributed by atoms with Gasteiger partial charge in [0.2, 0.25) is 5.91 Å². The molecule has 0 aromatic heterocycles. The van der Waals surface area contributed by atoms with E-state index in [4.69, 9.17) is 16.9 Å². The minimum atomic E-state index is 0.315. The van der Waals surface area contributed by atoms with Crippen molar-refractivity contribution in [2.75, 3.05) is 13.6 Å². The van der Waals surface area contributed by atoms with E-state index in [1.807, 2.05) is 31.0 Å². The van der Waals surface area contributed by atoms with Crippen molar-refractivity contribution >= 4 is 17.5 Å². The van der Waals surface area contributed by atoms with E-state index in [0.717, 1.165) is 18.5 Å². The number of aryl methyl sites for hydroxylation is 1. The van der Waals surface area contributed by atoms with E-state index in [1.165, 1.54) is 38.5 Å².